The molecule has 1 aromatic heterocycles. The fraction of sp³-hybridized carbons (Fsp3) is 0.636. The van der Waals surface area contributed by atoms with Crippen molar-refractivity contribution in [3.8, 4) is 0 Å². The number of nitrogens with zero attached hydrogens (tertiary/aromatic N) is 4. The normalized spacial score (nSPS) is 17.4. The van der Waals surface area contributed by atoms with Gasteiger partial charge in [0.05, 0.1) is 6.20 Å². The summed E-state index contributed by atoms with van der Waals surface area (Å²) >= 11 is 0. The highest BCUT2D eigenvalue weighted by molar-refractivity contribution is 5.98. The lowest BCUT2D eigenvalue weighted by molar-refractivity contribution is 0.0665. The number of likely N-dealkylation sites (N-methyl/N-ethyl adjacent to an activating group) is 1. The largest absolute Gasteiger partial charge is 0.383 e. The van der Waals surface area contributed by atoms with E-state index in [2.05, 4.69) is 17.0 Å². The van der Waals surface area contributed by atoms with Gasteiger partial charge in [-0.3, -0.25) is 4.79 Å². The Labute approximate surface area is 101 Å². The molecular formula is C11H19N5O. The highest BCUT2D eigenvalue weighted by Gasteiger charge is 2.23. The summed E-state index contributed by atoms with van der Waals surface area (Å²) in [4.78, 5) is 16.3. The van der Waals surface area contributed by atoms with Crippen molar-refractivity contribution >= 4 is 11.7 Å². The van der Waals surface area contributed by atoms with Gasteiger partial charge in [-0.15, -0.1) is 0 Å². The van der Waals surface area contributed by atoms with Crippen molar-refractivity contribution in [1.29, 1.82) is 0 Å². The van der Waals surface area contributed by atoms with E-state index in [-0.39, 0.29) is 5.91 Å². The summed E-state index contributed by atoms with van der Waals surface area (Å²) in [5, 5.41) is 4.10. The van der Waals surface area contributed by atoms with Gasteiger partial charge in [-0.25, -0.2) is 4.68 Å². The van der Waals surface area contributed by atoms with Gasteiger partial charge in [-0.05, 0) is 14.0 Å². The maximum atomic E-state index is 12.2. The number of aryl methyl sites for hydroxylation is 1. The van der Waals surface area contributed by atoms with Crippen molar-refractivity contribution in [1.82, 2.24) is 19.6 Å². The zero-order chi connectivity index (χ0) is 12.4. The van der Waals surface area contributed by atoms with Crippen molar-refractivity contribution in [3.63, 3.8) is 0 Å². The first-order valence-electron chi connectivity index (χ1n) is 5.92. The Hall–Kier alpha value is -1.56. The minimum Gasteiger partial charge on any atom is -0.383 e. The van der Waals surface area contributed by atoms with Crippen molar-refractivity contribution in [2.24, 2.45) is 0 Å². The third-order valence-electron chi connectivity index (χ3n) is 3.20. The maximum Gasteiger partial charge on any atom is 0.259 e. The molecule has 2 N–H and O–H groups in total. The number of piperazine rings is 1. The molecule has 0 bridgehead atoms. The van der Waals surface area contributed by atoms with Crippen LogP contribution in [0.3, 0.4) is 0 Å². The van der Waals surface area contributed by atoms with Crippen LogP contribution >= 0.6 is 0 Å². The minimum absolute atomic E-state index is 0.00435. The van der Waals surface area contributed by atoms with Crippen molar-refractivity contribution in [2.75, 3.05) is 39.0 Å². The molecule has 0 saturated carbocycles. The van der Waals surface area contributed by atoms with Crippen LogP contribution in [0.25, 0.3) is 0 Å². The van der Waals surface area contributed by atoms with E-state index in [1.165, 1.54) is 0 Å². The fourth-order valence-electron chi connectivity index (χ4n) is 1.99. The second-order valence-corrected chi connectivity index (χ2v) is 4.35. The van der Waals surface area contributed by atoms with Crippen LogP contribution < -0.4 is 5.73 Å². The molecule has 0 spiro atoms. The SMILES string of the molecule is CCn1ncc(C(=O)N2CCN(C)CC2)c1N. The number of anilines is 1. The lowest BCUT2D eigenvalue weighted by Gasteiger charge is -2.32. The van der Waals surface area contributed by atoms with Crippen molar-refractivity contribution in [2.45, 2.75) is 13.5 Å². The number of rotatable bonds is 2. The van der Waals surface area contributed by atoms with Crippen LogP contribution in [0.15, 0.2) is 6.20 Å². The molecule has 94 valence electrons. The second kappa shape index (κ2) is 4.75. The summed E-state index contributed by atoms with van der Waals surface area (Å²) in [6.07, 6.45) is 1.57. The van der Waals surface area contributed by atoms with Gasteiger partial charge in [-0.1, -0.05) is 0 Å². The predicted octanol–water partition coefficient (Wildman–Crippen LogP) is -0.127. The Kier molecular flexibility index (Phi) is 3.33. The van der Waals surface area contributed by atoms with E-state index < -0.39 is 0 Å². The summed E-state index contributed by atoms with van der Waals surface area (Å²) < 4.78 is 1.64. The fourth-order valence-corrected chi connectivity index (χ4v) is 1.99. The molecule has 0 atom stereocenters. The Bertz CT molecular complexity index is 406. The summed E-state index contributed by atoms with van der Waals surface area (Å²) in [5.74, 6) is 0.465. The van der Waals surface area contributed by atoms with Crippen molar-refractivity contribution in [3.05, 3.63) is 11.8 Å². The predicted molar refractivity (Wildman–Crippen MR) is 65.7 cm³/mol. The Morgan fingerprint density at radius 1 is 1.41 bits per heavy atom. The highest BCUT2D eigenvalue weighted by atomic mass is 16.2. The lowest BCUT2D eigenvalue weighted by atomic mass is 10.2. The van der Waals surface area contributed by atoms with E-state index in [4.69, 9.17) is 5.73 Å². The van der Waals surface area contributed by atoms with Crippen LogP contribution in [0.4, 0.5) is 5.82 Å². The molecule has 1 aliphatic heterocycles. The van der Waals surface area contributed by atoms with E-state index in [0.29, 0.717) is 17.9 Å². The molecule has 1 amide bonds. The van der Waals surface area contributed by atoms with Crippen LogP contribution in [-0.2, 0) is 6.54 Å². The average molecular weight is 237 g/mol. The first-order chi connectivity index (χ1) is 8.13. The number of carbonyl (C=O) groups is 1. The van der Waals surface area contributed by atoms with Gasteiger partial charge < -0.3 is 15.5 Å². The van der Waals surface area contributed by atoms with E-state index in [9.17, 15) is 4.79 Å². The molecule has 0 radical (unpaired) electrons. The summed E-state index contributed by atoms with van der Waals surface area (Å²) in [7, 11) is 2.06. The molecular weight excluding hydrogens is 218 g/mol. The third-order valence-corrected chi connectivity index (χ3v) is 3.20. The standard InChI is InChI=1S/C11H19N5O/c1-3-16-10(12)9(8-13-16)11(17)15-6-4-14(2)5-7-15/h8H,3-7,12H2,1-2H3. The molecule has 1 fully saturated rings. The van der Waals surface area contributed by atoms with Gasteiger partial charge in [0.2, 0.25) is 0 Å². The van der Waals surface area contributed by atoms with Crippen LogP contribution in [-0.4, -0.2) is 58.7 Å². The van der Waals surface area contributed by atoms with Gasteiger partial charge in [0.25, 0.3) is 5.91 Å². The Morgan fingerprint density at radius 2 is 2.06 bits per heavy atom. The number of carbonyl (C=O) groups excluding carboxylic acids is 1. The minimum atomic E-state index is -0.00435. The van der Waals surface area contributed by atoms with Gasteiger partial charge >= 0.3 is 0 Å². The number of amides is 1. The van der Waals surface area contributed by atoms with Crippen LogP contribution in [0, 0.1) is 0 Å². The van der Waals surface area contributed by atoms with Gasteiger partial charge in [-0.2, -0.15) is 5.10 Å². The Balaban J connectivity index is 2.11. The van der Waals surface area contributed by atoms with Gasteiger partial charge in [0, 0.05) is 32.7 Å². The molecule has 17 heavy (non-hydrogen) atoms. The molecule has 6 nitrogen and oxygen atoms in total. The highest BCUT2D eigenvalue weighted by Crippen LogP contribution is 2.14. The van der Waals surface area contributed by atoms with E-state index in [1.54, 1.807) is 10.9 Å². The van der Waals surface area contributed by atoms with E-state index in [1.807, 2.05) is 11.8 Å². The Morgan fingerprint density at radius 3 is 2.59 bits per heavy atom. The quantitative estimate of drug-likeness (QED) is 0.778. The summed E-state index contributed by atoms with van der Waals surface area (Å²) in [6.45, 7) is 5.97. The summed E-state index contributed by atoms with van der Waals surface area (Å²) in [5.41, 5.74) is 6.42. The molecule has 0 aliphatic carbocycles. The van der Waals surface area contributed by atoms with Crippen LogP contribution in [0.2, 0.25) is 0 Å². The zero-order valence-electron chi connectivity index (χ0n) is 10.4. The smallest absolute Gasteiger partial charge is 0.259 e. The maximum absolute atomic E-state index is 12.2. The number of nitrogen functional groups attached to an aromatic ring is 1. The zero-order valence-corrected chi connectivity index (χ0v) is 10.4. The molecule has 2 heterocycles. The monoisotopic (exact) mass is 237 g/mol. The molecule has 0 aromatic carbocycles. The molecule has 2 rings (SSSR count). The average Bonchev–Trinajstić information content (AvgIpc) is 2.70. The van der Waals surface area contributed by atoms with Crippen LogP contribution in [0.5, 0.6) is 0 Å². The lowest BCUT2D eigenvalue weighted by Crippen LogP contribution is -2.47. The second-order valence-electron chi connectivity index (χ2n) is 4.35. The molecule has 6 heteroatoms. The first-order valence-corrected chi connectivity index (χ1v) is 5.92. The van der Waals surface area contributed by atoms with Gasteiger partial charge in [0.1, 0.15) is 11.4 Å². The molecule has 1 aliphatic rings. The molecule has 1 saturated heterocycles. The van der Waals surface area contributed by atoms with E-state index in [0.717, 1.165) is 26.2 Å². The number of hydrogen-bond acceptors (Lipinski definition) is 4. The van der Waals surface area contributed by atoms with Crippen LogP contribution in [0.1, 0.15) is 17.3 Å². The van der Waals surface area contributed by atoms with Gasteiger partial charge in [0.15, 0.2) is 0 Å². The number of aromatic nitrogens is 2. The topological polar surface area (TPSA) is 67.4 Å². The molecule has 1 aromatic rings. The number of hydrogen-bond donors (Lipinski definition) is 1. The number of nitrogens with two attached hydrogens (primary N) is 1. The van der Waals surface area contributed by atoms with E-state index >= 15 is 0 Å². The van der Waals surface area contributed by atoms with Crippen molar-refractivity contribution < 1.29 is 4.79 Å². The summed E-state index contributed by atoms with van der Waals surface area (Å²) in [6, 6.07) is 0. The molecule has 0 unspecified atom stereocenters. The third kappa shape index (κ3) is 2.26. The first kappa shape index (κ1) is 11.9.